The summed E-state index contributed by atoms with van der Waals surface area (Å²) in [6, 6.07) is 13.0. The zero-order chi connectivity index (χ0) is 14.8. The van der Waals surface area contributed by atoms with Gasteiger partial charge in [-0.3, -0.25) is 4.79 Å². The van der Waals surface area contributed by atoms with Gasteiger partial charge in [-0.1, -0.05) is 42.5 Å². The molecule has 0 spiro atoms. The number of carbonyl (C=O) groups is 2. The maximum absolute atomic E-state index is 12.1. The Kier molecular flexibility index (Phi) is 3.60. The van der Waals surface area contributed by atoms with Gasteiger partial charge in [-0.05, 0) is 35.1 Å². The molecule has 1 amide bonds. The molecule has 0 bridgehead atoms. The maximum Gasteiger partial charge on any atom is 0.326 e. The first-order valence-corrected chi connectivity index (χ1v) is 7.14. The highest BCUT2D eigenvalue weighted by molar-refractivity contribution is 5.91. The van der Waals surface area contributed by atoms with Crippen molar-refractivity contribution in [3.63, 3.8) is 0 Å². The van der Waals surface area contributed by atoms with Crippen molar-refractivity contribution in [2.24, 2.45) is 5.92 Å². The van der Waals surface area contributed by atoms with Crippen molar-refractivity contribution in [1.29, 1.82) is 0 Å². The summed E-state index contributed by atoms with van der Waals surface area (Å²) in [4.78, 5) is 23.3. The Morgan fingerprint density at radius 1 is 1.14 bits per heavy atom. The van der Waals surface area contributed by atoms with E-state index in [2.05, 4.69) is 5.32 Å². The van der Waals surface area contributed by atoms with Crippen LogP contribution < -0.4 is 5.32 Å². The van der Waals surface area contributed by atoms with Crippen LogP contribution in [-0.2, 0) is 16.0 Å². The summed E-state index contributed by atoms with van der Waals surface area (Å²) in [5, 5.41) is 13.9. The standard InChI is InChI=1S/C17H17NO3/c19-15(18-16(17(20)21)12-8-9-12)10-13-6-3-5-11-4-1-2-7-14(11)13/h1-7,12,16H,8-10H2,(H,18,19)(H,20,21). The first-order chi connectivity index (χ1) is 10.1. The molecule has 3 rings (SSSR count). The van der Waals surface area contributed by atoms with E-state index in [1.165, 1.54) is 0 Å². The zero-order valence-corrected chi connectivity index (χ0v) is 11.6. The first kappa shape index (κ1) is 13.6. The van der Waals surface area contributed by atoms with Crippen LogP contribution in [0.5, 0.6) is 0 Å². The molecular weight excluding hydrogens is 266 g/mol. The van der Waals surface area contributed by atoms with Crippen molar-refractivity contribution in [3.05, 3.63) is 48.0 Å². The summed E-state index contributed by atoms with van der Waals surface area (Å²) < 4.78 is 0. The molecule has 0 aliphatic heterocycles. The van der Waals surface area contributed by atoms with Gasteiger partial charge in [-0.2, -0.15) is 0 Å². The zero-order valence-electron chi connectivity index (χ0n) is 11.6. The van der Waals surface area contributed by atoms with E-state index in [9.17, 15) is 9.59 Å². The fraction of sp³-hybridized carbons (Fsp3) is 0.294. The molecule has 0 saturated heterocycles. The number of carboxylic acids is 1. The van der Waals surface area contributed by atoms with Crippen molar-refractivity contribution < 1.29 is 14.7 Å². The third kappa shape index (κ3) is 3.05. The van der Waals surface area contributed by atoms with Gasteiger partial charge in [-0.15, -0.1) is 0 Å². The van der Waals surface area contributed by atoms with Gasteiger partial charge in [0.15, 0.2) is 0 Å². The van der Waals surface area contributed by atoms with Crippen molar-refractivity contribution in [1.82, 2.24) is 5.32 Å². The molecule has 4 heteroatoms. The number of benzene rings is 2. The largest absolute Gasteiger partial charge is 0.480 e. The summed E-state index contributed by atoms with van der Waals surface area (Å²) in [6.07, 6.45) is 1.97. The van der Waals surface area contributed by atoms with Crippen LogP contribution in [0, 0.1) is 5.92 Å². The quantitative estimate of drug-likeness (QED) is 0.885. The third-order valence-corrected chi connectivity index (χ3v) is 3.91. The number of carbonyl (C=O) groups excluding carboxylic acids is 1. The van der Waals surface area contributed by atoms with Crippen molar-refractivity contribution in [2.75, 3.05) is 0 Å². The summed E-state index contributed by atoms with van der Waals surface area (Å²) in [5.74, 6) is -1.08. The van der Waals surface area contributed by atoms with E-state index in [-0.39, 0.29) is 18.2 Å². The number of carboxylic acid groups (broad SMARTS) is 1. The predicted octanol–water partition coefficient (Wildman–Crippen LogP) is 2.36. The van der Waals surface area contributed by atoms with Gasteiger partial charge in [0.2, 0.25) is 5.91 Å². The molecule has 1 aliphatic carbocycles. The van der Waals surface area contributed by atoms with Gasteiger partial charge in [0.05, 0.1) is 6.42 Å². The number of amides is 1. The summed E-state index contributed by atoms with van der Waals surface area (Å²) in [6.45, 7) is 0. The van der Waals surface area contributed by atoms with Gasteiger partial charge in [0, 0.05) is 0 Å². The van der Waals surface area contributed by atoms with E-state index in [1.54, 1.807) is 0 Å². The minimum absolute atomic E-state index is 0.0963. The van der Waals surface area contributed by atoms with Gasteiger partial charge in [-0.25, -0.2) is 4.79 Å². The van der Waals surface area contributed by atoms with Gasteiger partial charge < -0.3 is 10.4 Å². The van der Waals surface area contributed by atoms with Crippen LogP contribution in [0.4, 0.5) is 0 Å². The second-order valence-corrected chi connectivity index (χ2v) is 5.54. The Labute approximate surface area is 122 Å². The lowest BCUT2D eigenvalue weighted by molar-refractivity contribution is -0.142. The predicted molar refractivity (Wildman–Crippen MR) is 79.9 cm³/mol. The fourth-order valence-electron chi connectivity index (χ4n) is 2.65. The molecule has 0 aromatic heterocycles. The Morgan fingerprint density at radius 2 is 1.86 bits per heavy atom. The number of aliphatic carboxylic acids is 1. The molecule has 1 unspecified atom stereocenters. The van der Waals surface area contributed by atoms with Gasteiger partial charge in [0.25, 0.3) is 0 Å². The number of nitrogens with one attached hydrogen (secondary N) is 1. The Balaban J connectivity index is 1.75. The Bertz CT molecular complexity index is 686. The van der Waals surface area contributed by atoms with Crippen LogP contribution in [0.25, 0.3) is 10.8 Å². The minimum Gasteiger partial charge on any atom is -0.480 e. The number of hydrogen-bond donors (Lipinski definition) is 2. The van der Waals surface area contributed by atoms with E-state index in [0.717, 1.165) is 29.2 Å². The van der Waals surface area contributed by atoms with E-state index < -0.39 is 12.0 Å². The molecule has 108 valence electrons. The van der Waals surface area contributed by atoms with Crippen molar-refractivity contribution in [2.45, 2.75) is 25.3 Å². The highest BCUT2D eigenvalue weighted by Gasteiger charge is 2.37. The average molecular weight is 283 g/mol. The number of hydrogen-bond acceptors (Lipinski definition) is 2. The van der Waals surface area contributed by atoms with Crippen LogP contribution in [-0.4, -0.2) is 23.0 Å². The third-order valence-electron chi connectivity index (χ3n) is 3.91. The molecule has 1 aliphatic rings. The molecule has 2 N–H and O–H groups in total. The lowest BCUT2D eigenvalue weighted by Crippen LogP contribution is -2.43. The minimum atomic E-state index is -0.941. The maximum atomic E-state index is 12.1. The second-order valence-electron chi connectivity index (χ2n) is 5.54. The van der Waals surface area contributed by atoms with Crippen molar-refractivity contribution >= 4 is 22.6 Å². The monoisotopic (exact) mass is 283 g/mol. The summed E-state index contributed by atoms with van der Waals surface area (Å²) in [7, 11) is 0. The van der Waals surface area contributed by atoms with Gasteiger partial charge in [0.1, 0.15) is 6.04 Å². The van der Waals surface area contributed by atoms with Gasteiger partial charge >= 0.3 is 5.97 Å². The van der Waals surface area contributed by atoms with E-state index in [0.29, 0.717) is 0 Å². The number of fused-ring (bicyclic) bond motifs is 1. The topological polar surface area (TPSA) is 66.4 Å². The van der Waals surface area contributed by atoms with E-state index >= 15 is 0 Å². The van der Waals surface area contributed by atoms with E-state index in [4.69, 9.17) is 5.11 Å². The van der Waals surface area contributed by atoms with Crippen molar-refractivity contribution in [3.8, 4) is 0 Å². The summed E-state index contributed by atoms with van der Waals surface area (Å²) in [5.41, 5.74) is 0.922. The Hall–Kier alpha value is -2.36. The van der Waals surface area contributed by atoms with Crippen LogP contribution in [0.15, 0.2) is 42.5 Å². The Morgan fingerprint density at radius 3 is 2.57 bits per heavy atom. The molecule has 0 radical (unpaired) electrons. The molecule has 2 aromatic rings. The van der Waals surface area contributed by atoms with Crippen LogP contribution >= 0.6 is 0 Å². The lowest BCUT2D eigenvalue weighted by Gasteiger charge is -2.14. The molecule has 2 aromatic carbocycles. The van der Waals surface area contributed by atoms with Crippen LogP contribution in [0.1, 0.15) is 18.4 Å². The summed E-state index contributed by atoms with van der Waals surface area (Å²) >= 11 is 0. The average Bonchev–Trinajstić information content (AvgIpc) is 3.29. The normalized spacial score (nSPS) is 15.6. The first-order valence-electron chi connectivity index (χ1n) is 7.14. The fourth-order valence-corrected chi connectivity index (χ4v) is 2.65. The molecule has 0 heterocycles. The smallest absolute Gasteiger partial charge is 0.326 e. The molecule has 1 atom stereocenters. The van der Waals surface area contributed by atoms with E-state index in [1.807, 2.05) is 42.5 Å². The second kappa shape index (κ2) is 5.56. The molecule has 4 nitrogen and oxygen atoms in total. The number of rotatable bonds is 5. The highest BCUT2D eigenvalue weighted by Crippen LogP contribution is 2.32. The molecule has 21 heavy (non-hydrogen) atoms. The van der Waals surface area contributed by atoms with Crippen LogP contribution in [0.2, 0.25) is 0 Å². The van der Waals surface area contributed by atoms with Crippen LogP contribution in [0.3, 0.4) is 0 Å². The highest BCUT2D eigenvalue weighted by atomic mass is 16.4. The molecule has 1 saturated carbocycles. The lowest BCUT2D eigenvalue weighted by atomic mass is 10.0. The SMILES string of the molecule is O=C(Cc1cccc2ccccc12)NC(C(=O)O)C1CC1. The molecule has 1 fully saturated rings. The molecular formula is C17H17NO3.